The van der Waals surface area contributed by atoms with Crippen LogP contribution in [0.15, 0.2) is 47.5 Å². The van der Waals surface area contributed by atoms with Gasteiger partial charge in [0.2, 0.25) is 11.4 Å². The van der Waals surface area contributed by atoms with Crippen molar-refractivity contribution in [3.05, 3.63) is 100 Å². The van der Waals surface area contributed by atoms with Crippen molar-refractivity contribution >= 4 is 11.4 Å². The second-order valence-corrected chi connectivity index (χ2v) is 13.1. The fraction of sp³-hybridized carbons (Fsp3) is 0.600. The fourth-order valence-corrected chi connectivity index (χ4v) is 6.66. The first kappa shape index (κ1) is 46.0. The first-order valence-corrected chi connectivity index (χ1v) is 19.6. The molecular formula is C45H72N2Ni. The Kier molecular flexibility index (Phi) is 26.6. The first-order chi connectivity index (χ1) is 23.0. The molecule has 3 heteroatoms. The van der Waals surface area contributed by atoms with Gasteiger partial charge in [0.05, 0.1) is 0 Å². The molecule has 48 heavy (non-hydrogen) atoms. The summed E-state index contributed by atoms with van der Waals surface area (Å²) in [5.41, 5.74) is 24.8. The van der Waals surface area contributed by atoms with Gasteiger partial charge in [-0.3, -0.25) is 0 Å². The molecule has 0 saturated heterocycles. The maximum Gasteiger partial charge on any atom is 2.00 e. The van der Waals surface area contributed by atoms with Crippen LogP contribution in [0.3, 0.4) is 0 Å². The molecule has 0 unspecified atom stereocenters. The summed E-state index contributed by atoms with van der Waals surface area (Å²) < 4.78 is 1.58. The summed E-state index contributed by atoms with van der Waals surface area (Å²) in [5.74, 6) is 0. The number of rotatable bonds is 21. The summed E-state index contributed by atoms with van der Waals surface area (Å²) in [6.07, 6.45) is 22.8. The molecule has 272 valence electrons. The number of allylic oxidation sites excluding steroid dienone is 2. The molecule has 3 rings (SSSR count). The molecule has 0 aliphatic carbocycles. The number of hydrogen-bond acceptors (Lipinski definition) is 0. The van der Waals surface area contributed by atoms with Crippen molar-refractivity contribution in [2.45, 2.75) is 177 Å². The minimum absolute atomic E-state index is 0. The molecule has 0 spiro atoms. The van der Waals surface area contributed by atoms with Crippen molar-refractivity contribution in [2.75, 3.05) is 0 Å². The Balaban J connectivity index is 0.00000425. The maximum atomic E-state index is 12.1. The Morgan fingerprint density at radius 3 is 1.17 bits per heavy atom. The van der Waals surface area contributed by atoms with Crippen LogP contribution < -0.4 is 0 Å². The average molecular weight is 700 g/mol. The molecular weight excluding hydrogens is 627 g/mol. The largest absolute Gasteiger partial charge is 2.00 e. The van der Waals surface area contributed by atoms with Crippen LogP contribution in [0.1, 0.15) is 185 Å². The average Bonchev–Trinajstić information content (AvgIpc) is 3.35. The first-order valence-electron chi connectivity index (χ1n) is 19.6. The molecule has 2 aromatic rings. The van der Waals surface area contributed by atoms with Crippen LogP contribution in [0.4, 0.5) is 0 Å². The van der Waals surface area contributed by atoms with Gasteiger partial charge in [-0.2, -0.15) is 13.8 Å². The Labute approximate surface area is 309 Å². The van der Waals surface area contributed by atoms with Crippen LogP contribution in [-0.2, 0) is 42.2 Å². The molecule has 2 aromatic carbocycles. The molecule has 0 saturated carbocycles. The van der Waals surface area contributed by atoms with Gasteiger partial charge >= 0.3 is 16.5 Å². The number of benzene rings is 2. The Hall–Kier alpha value is -1.99. The minimum Gasteiger partial charge on any atom is -0.493 e. The molecule has 1 aliphatic heterocycles. The van der Waals surface area contributed by atoms with E-state index in [0.29, 0.717) is 0 Å². The van der Waals surface area contributed by atoms with Crippen molar-refractivity contribution < 1.29 is 21.2 Å². The minimum atomic E-state index is 0. The number of hydrogen-bond donors (Lipinski definition) is 0. The topological polar surface area (TPSA) is 25.3 Å². The molecule has 1 heterocycles. The van der Waals surface area contributed by atoms with Crippen LogP contribution in [-0.4, -0.2) is 4.70 Å². The molecule has 0 bridgehead atoms. The molecule has 0 N–H and O–H groups in total. The van der Waals surface area contributed by atoms with Gasteiger partial charge in [0.25, 0.3) is 0 Å². The van der Waals surface area contributed by atoms with E-state index in [1.54, 1.807) is 18.5 Å². The SMILES string of the molecule is CCCCCCc1cc(CCCC)cc(C2=C(C)C(CCCC)=C(c3cc(CCCC)cc(CCCCCC)c3)[N+]2=[N-])c1.[CH2-]C.[CH2-]C.[Ni+2]. The van der Waals surface area contributed by atoms with Gasteiger partial charge in [-0.15, -0.1) is 0 Å². The van der Waals surface area contributed by atoms with E-state index in [0.717, 1.165) is 56.3 Å². The predicted molar refractivity (Wildman–Crippen MR) is 211 cm³/mol. The molecule has 0 atom stereocenters. The van der Waals surface area contributed by atoms with Crippen molar-refractivity contribution in [2.24, 2.45) is 0 Å². The summed E-state index contributed by atoms with van der Waals surface area (Å²) in [4.78, 5) is 0. The zero-order valence-corrected chi connectivity index (χ0v) is 33.5. The van der Waals surface area contributed by atoms with Crippen LogP contribution in [0, 0.1) is 13.8 Å². The standard InChI is InChI=1S/C41H62N2.2C2H5.Ni/c1-7-12-17-19-23-35-26-33(21-14-9-3)28-37(29-35)40-32(6)39(25-16-11-5)41(43(40)42)38-30-34(22-15-10-4)27-36(31-38)24-20-18-13-8-2;2*1-2;/h26-31H,7-25H2,1-6H3;2*1H2,2H3;/q;2*-1;+2. The van der Waals surface area contributed by atoms with E-state index in [9.17, 15) is 5.53 Å². The summed E-state index contributed by atoms with van der Waals surface area (Å²) >= 11 is 0. The summed E-state index contributed by atoms with van der Waals surface area (Å²) in [5, 5.41) is 0. The monoisotopic (exact) mass is 699 g/mol. The van der Waals surface area contributed by atoms with Gasteiger partial charge in [-0.1, -0.05) is 105 Å². The van der Waals surface area contributed by atoms with Gasteiger partial charge in [-0.05, 0) is 118 Å². The van der Waals surface area contributed by atoms with Crippen LogP contribution >= 0.6 is 0 Å². The van der Waals surface area contributed by atoms with Crippen LogP contribution in [0.2, 0.25) is 0 Å². The van der Waals surface area contributed by atoms with E-state index in [1.807, 2.05) is 0 Å². The quantitative estimate of drug-likeness (QED) is 0.0536. The Bertz CT molecular complexity index is 1240. The van der Waals surface area contributed by atoms with E-state index < -0.39 is 0 Å². The van der Waals surface area contributed by atoms with Crippen molar-refractivity contribution in [1.82, 2.24) is 0 Å². The van der Waals surface area contributed by atoms with Gasteiger partial charge in [-0.25, -0.2) is 4.70 Å². The zero-order chi connectivity index (χ0) is 35.0. The number of aryl methyl sites for hydroxylation is 4. The molecule has 0 aromatic heterocycles. The van der Waals surface area contributed by atoms with Gasteiger partial charge in [0.1, 0.15) is 0 Å². The summed E-state index contributed by atoms with van der Waals surface area (Å²) in [6.45, 7) is 23.6. The van der Waals surface area contributed by atoms with E-state index >= 15 is 0 Å². The van der Waals surface area contributed by atoms with E-state index in [4.69, 9.17) is 0 Å². The van der Waals surface area contributed by atoms with E-state index in [2.05, 4.69) is 91.8 Å². The maximum absolute atomic E-state index is 12.1. The molecule has 2 nitrogen and oxygen atoms in total. The predicted octanol–water partition coefficient (Wildman–Crippen LogP) is 14.7. The third-order valence-electron chi connectivity index (χ3n) is 9.23. The summed E-state index contributed by atoms with van der Waals surface area (Å²) in [7, 11) is 0. The normalized spacial score (nSPS) is 12.4. The van der Waals surface area contributed by atoms with E-state index in [1.165, 1.54) is 122 Å². The third-order valence-corrected chi connectivity index (χ3v) is 9.23. The van der Waals surface area contributed by atoms with E-state index in [-0.39, 0.29) is 16.5 Å². The van der Waals surface area contributed by atoms with Gasteiger partial charge in [0, 0.05) is 22.3 Å². The summed E-state index contributed by atoms with van der Waals surface area (Å²) in [6, 6.07) is 14.4. The van der Waals surface area contributed by atoms with Crippen molar-refractivity contribution in [1.29, 1.82) is 0 Å². The van der Waals surface area contributed by atoms with Crippen LogP contribution in [0.5, 0.6) is 0 Å². The second kappa shape index (κ2) is 27.8. The second-order valence-electron chi connectivity index (χ2n) is 13.1. The molecule has 1 aliphatic rings. The third kappa shape index (κ3) is 14.9. The van der Waals surface area contributed by atoms with Gasteiger partial charge < -0.3 is 19.4 Å². The van der Waals surface area contributed by atoms with Crippen molar-refractivity contribution in [3.8, 4) is 0 Å². The molecule has 0 fully saturated rings. The zero-order valence-electron chi connectivity index (χ0n) is 32.5. The number of unbranched alkanes of at least 4 members (excludes halogenated alkanes) is 9. The Morgan fingerprint density at radius 2 is 0.792 bits per heavy atom. The molecule has 0 radical (unpaired) electrons. The van der Waals surface area contributed by atoms with Crippen LogP contribution in [0.25, 0.3) is 16.9 Å². The fourth-order valence-electron chi connectivity index (χ4n) is 6.66. The van der Waals surface area contributed by atoms with Gasteiger partial charge in [0.15, 0.2) is 0 Å². The van der Waals surface area contributed by atoms with Crippen molar-refractivity contribution in [3.63, 3.8) is 0 Å². The smallest absolute Gasteiger partial charge is 0.493 e. The number of nitrogens with zero attached hydrogens (tertiary/aromatic N) is 2. The Morgan fingerprint density at radius 1 is 0.458 bits per heavy atom. The molecule has 0 amide bonds.